The number of carbonyl (C=O) groups excluding carboxylic acids is 1. The monoisotopic (exact) mass is 253 g/mol. The van der Waals surface area contributed by atoms with Crippen LogP contribution in [-0.4, -0.2) is 32.2 Å². The van der Waals surface area contributed by atoms with Crippen LogP contribution in [0.1, 0.15) is 17.2 Å². The van der Waals surface area contributed by atoms with E-state index in [1.807, 2.05) is 6.92 Å². The lowest BCUT2D eigenvalue weighted by Crippen LogP contribution is -2.40. The molecule has 1 unspecified atom stereocenters. The number of hydrogen-bond donors (Lipinski definition) is 2. The molecule has 0 spiro atoms. The zero-order chi connectivity index (χ0) is 13.9. The number of hydrazine groups is 1. The Bertz CT molecular complexity index is 446. The van der Waals surface area contributed by atoms with Gasteiger partial charge in [0.2, 0.25) is 0 Å². The molecule has 0 aliphatic rings. The summed E-state index contributed by atoms with van der Waals surface area (Å²) in [7, 11) is 4.53. The van der Waals surface area contributed by atoms with Crippen molar-refractivity contribution in [2.45, 2.75) is 13.0 Å². The minimum atomic E-state index is -0.860. The van der Waals surface area contributed by atoms with E-state index in [1.165, 1.54) is 14.2 Å². The second-order valence-corrected chi connectivity index (χ2v) is 3.99. The average molecular weight is 253 g/mol. The van der Waals surface area contributed by atoms with Crippen LogP contribution >= 0.6 is 0 Å². The maximum atomic E-state index is 11.8. The van der Waals surface area contributed by atoms with Gasteiger partial charge in [0.25, 0.3) is 5.91 Å². The fourth-order valence-corrected chi connectivity index (χ4v) is 1.76. The third kappa shape index (κ3) is 2.72. The summed E-state index contributed by atoms with van der Waals surface area (Å²) in [5.41, 5.74) is 7.34. The van der Waals surface area contributed by atoms with E-state index >= 15 is 0 Å². The summed E-state index contributed by atoms with van der Waals surface area (Å²) in [6, 6.07) is 2.62. The lowest BCUT2D eigenvalue weighted by atomic mass is 9.99. The summed E-state index contributed by atoms with van der Waals surface area (Å²) in [6.45, 7) is 1.84. The Morgan fingerprint density at radius 1 is 1.33 bits per heavy atom. The van der Waals surface area contributed by atoms with Crippen LogP contribution in [0.5, 0.6) is 11.5 Å². The minimum Gasteiger partial charge on any atom is -0.497 e. The molecule has 0 saturated carbocycles. The summed E-state index contributed by atoms with van der Waals surface area (Å²) < 4.78 is 10.4. The van der Waals surface area contributed by atoms with E-state index in [9.17, 15) is 4.79 Å². The topological polar surface area (TPSA) is 90.8 Å². The van der Waals surface area contributed by atoms with Gasteiger partial charge in [-0.25, -0.2) is 5.84 Å². The van der Waals surface area contributed by atoms with Crippen LogP contribution in [0, 0.1) is 6.92 Å². The zero-order valence-corrected chi connectivity index (χ0v) is 11.1. The van der Waals surface area contributed by atoms with Crippen molar-refractivity contribution in [3.8, 4) is 11.5 Å². The number of methoxy groups -OCH3 is 2. The second-order valence-electron chi connectivity index (χ2n) is 3.99. The number of nitrogens with two attached hydrogens (primary N) is 2. The largest absolute Gasteiger partial charge is 0.497 e. The van der Waals surface area contributed by atoms with E-state index in [4.69, 9.17) is 21.1 Å². The van der Waals surface area contributed by atoms with E-state index in [-0.39, 0.29) is 5.91 Å². The van der Waals surface area contributed by atoms with Gasteiger partial charge < -0.3 is 15.2 Å². The van der Waals surface area contributed by atoms with Crippen LogP contribution in [0.25, 0.3) is 0 Å². The summed E-state index contributed by atoms with van der Waals surface area (Å²) in [6.07, 6.45) is 0. The molecule has 100 valence electrons. The van der Waals surface area contributed by atoms with Crippen LogP contribution in [-0.2, 0) is 4.79 Å². The summed E-state index contributed by atoms with van der Waals surface area (Å²) in [4.78, 5) is 11.8. The van der Waals surface area contributed by atoms with Crippen molar-refractivity contribution in [3.63, 3.8) is 0 Å². The third-order valence-electron chi connectivity index (χ3n) is 2.70. The molecule has 1 rings (SSSR count). The molecule has 6 heteroatoms. The van der Waals surface area contributed by atoms with Gasteiger partial charge in [-0.3, -0.25) is 9.80 Å². The number of ether oxygens (including phenoxy) is 2. The van der Waals surface area contributed by atoms with E-state index in [2.05, 4.69) is 0 Å². The van der Waals surface area contributed by atoms with Gasteiger partial charge in [0, 0.05) is 18.7 Å². The number of carbonyl (C=O) groups is 1. The number of rotatable bonds is 4. The Kier molecular flexibility index (Phi) is 4.52. The molecule has 4 N–H and O–H groups in total. The lowest BCUT2D eigenvalue weighted by Gasteiger charge is -2.21. The fourth-order valence-electron chi connectivity index (χ4n) is 1.76. The third-order valence-corrected chi connectivity index (χ3v) is 2.70. The highest BCUT2D eigenvalue weighted by atomic mass is 16.5. The molecule has 0 aromatic heterocycles. The Morgan fingerprint density at radius 2 is 1.94 bits per heavy atom. The summed E-state index contributed by atoms with van der Waals surface area (Å²) in [5.74, 6) is 6.18. The van der Waals surface area contributed by atoms with Crippen molar-refractivity contribution in [2.75, 3.05) is 21.3 Å². The lowest BCUT2D eigenvalue weighted by molar-refractivity contribution is -0.131. The molecule has 1 aromatic carbocycles. The molecule has 1 atom stereocenters. The zero-order valence-electron chi connectivity index (χ0n) is 11.1. The first-order chi connectivity index (χ1) is 8.42. The molecule has 0 aliphatic heterocycles. The van der Waals surface area contributed by atoms with Crippen molar-refractivity contribution in [3.05, 3.63) is 23.3 Å². The van der Waals surface area contributed by atoms with Gasteiger partial charge in [-0.05, 0) is 18.6 Å². The Morgan fingerprint density at radius 3 is 2.39 bits per heavy atom. The molecular weight excluding hydrogens is 234 g/mol. The van der Waals surface area contributed by atoms with Gasteiger partial charge in [-0.1, -0.05) is 0 Å². The van der Waals surface area contributed by atoms with Crippen molar-refractivity contribution in [1.82, 2.24) is 5.01 Å². The highest BCUT2D eigenvalue weighted by Crippen LogP contribution is 2.32. The molecule has 0 fully saturated rings. The molecule has 18 heavy (non-hydrogen) atoms. The fraction of sp³-hybridized carbons (Fsp3) is 0.417. The molecule has 1 aromatic rings. The number of nitrogens with zero attached hydrogens (tertiary/aromatic N) is 1. The van der Waals surface area contributed by atoms with Gasteiger partial charge in [-0.15, -0.1) is 0 Å². The SMILES string of the molecule is COc1cc(C)c(C(N)C(=O)N(C)N)c(OC)c1. The number of benzene rings is 1. The highest BCUT2D eigenvalue weighted by molar-refractivity contribution is 5.83. The smallest absolute Gasteiger partial charge is 0.257 e. The van der Waals surface area contributed by atoms with E-state index in [0.717, 1.165) is 10.6 Å². The van der Waals surface area contributed by atoms with Gasteiger partial charge >= 0.3 is 0 Å². The van der Waals surface area contributed by atoms with Crippen LogP contribution < -0.4 is 21.1 Å². The number of aryl methyl sites for hydroxylation is 1. The van der Waals surface area contributed by atoms with Crippen LogP contribution in [0.2, 0.25) is 0 Å². The molecule has 6 nitrogen and oxygen atoms in total. The number of amides is 1. The first kappa shape index (κ1) is 14.3. The first-order valence-electron chi connectivity index (χ1n) is 5.42. The predicted molar refractivity (Wildman–Crippen MR) is 68.2 cm³/mol. The molecule has 0 saturated heterocycles. The quantitative estimate of drug-likeness (QED) is 0.459. The molecule has 0 heterocycles. The maximum absolute atomic E-state index is 11.8. The van der Waals surface area contributed by atoms with Gasteiger partial charge in [-0.2, -0.15) is 0 Å². The van der Waals surface area contributed by atoms with Crippen molar-refractivity contribution in [1.29, 1.82) is 0 Å². The molecule has 0 aliphatic carbocycles. The minimum absolute atomic E-state index is 0.387. The van der Waals surface area contributed by atoms with Crippen LogP contribution in [0.3, 0.4) is 0 Å². The summed E-state index contributed by atoms with van der Waals surface area (Å²) >= 11 is 0. The van der Waals surface area contributed by atoms with E-state index < -0.39 is 6.04 Å². The molecule has 1 amide bonds. The van der Waals surface area contributed by atoms with E-state index in [0.29, 0.717) is 17.1 Å². The molecule has 0 bridgehead atoms. The van der Waals surface area contributed by atoms with Crippen LogP contribution in [0.4, 0.5) is 0 Å². The van der Waals surface area contributed by atoms with Crippen molar-refractivity contribution in [2.24, 2.45) is 11.6 Å². The normalized spacial score (nSPS) is 11.9. The number of likely N-dealkylation sites (N-methyl/N-ethyl adjacent to an activating group) is 1. The van der Waals surface area contributed by atoms with Crippen molar-refractivity contribution < 1.29 is 14.3 Å². The summed E-state index contributed by atoms with van der Waals surface area (Å²) in [5, 5.41) is 0.966. The Balaban J connectivity index is 3.27. The average Bonchev–Trinajstić information content (AvgIpc) is 2.35. The maximum Gasteiger partial charge on any atom is 0.257 e. The van der Waals surface area contributed by atoms with Gasteiger partial charge in [0.15, 0.2) is 0 Å². The second kappa shape index (κ2) is 5.70. The Labute approximate surface area is 106 Å². The first-order valence-corrected chi connectivity index (χ1v) is 5.42. The molecule has 0 radical (unpaired) electrons. The van der Waals surface area contributed by atoms with Crippen LogP contribution in [0.15, 0.2) is 12.1 Å². The van der Waals surface area contributed by atoms with Crippen molar-refractivity contribution >= 4 is 5.91 Å². The standard InChI is InChI=1S/C12H19N3O3/c1-7-5-8(17-3)6-9(18-4)10(7)11(13)12(16)15(2)14/h5-6,11H,13-14H2,1-4H3. The van der Waals surface area contributed by atoms with E-state index in [1.54, 1.807) is 19.2 Å². The predicted octanol–water partition coefficient (Wildman–Crippen LogP) is 0.344. The Hall–Kier alpha value is -1.79. The molecular formula is C12H19N3O3. The highest BCUT2D eigenvalue weighted by Gasteiger charge is 2.24. The number of hydrogen-bond acceptors (Lipinski definition) is 5. The van der Waals surface area contributed by atoms with Gasteiger partial charge in [0.05, 0.1) is 14.2 Å². The van der Waals surface area contributed by atoms with Gasteiger partial charge in [0.1, 0.15) is 17.5 Å².